The lowest BCUT2D eigenvalue weighted by Crippen LogP contribution is -2.53. The van der Waals surface area contributed by atoms with E-state index in [4.69, 9.17) is 21.6 Å². The predicted molar refractivity (Wildman–Crippen MR) is 143 cm³/mol. The highest BCUT2D eigenvalue weighted by atomic mass is 35.5. The molecule has 0 radical (unpaired) electrons. The number of piperidine rings is 1. The van der Waals surface area contributed by atoms with Crippen molar-refractivity contribution in [3.8, 4) is 0 Å². The summed E-state index contributed by atoms with van der Waals surface area (Å²) in [4.78, 5) is 23.7. The Balaban J connectivity index is 1.38. The molecular formula is C26H37ClFN7O. The monoisotopic (exact) mass is 517 g/mol. The van der Waals surface area contributed by atoms with Crippen LogP contribution in [-0.2, 0) is 6.42 Å². The summed E-state index contributed by atoms with van der Waals surface area (Å²) in [7, 11) is 0. The van der Waals surface area contributed by atoms with E-state index in [1.807, 2.05) is 6.07 Å². The quantitative estimate of drug-likeness (QED) is 0.622. The molecule has 5 heterocycles. The topological polar surface area (TPSA) is 71.9 Å². The molecule has 0 aliphatic carbocycles. The van der Waals surface area contributed by atoms with Crippen LogP contribution in [0.1, 0.15) is 45.1 Å². The fourth-order valence-corrected chi connectivity index (χ4v) is 5.92. The minimum Gasteiger partial charge on any atom is -0.396 e. The largest absolute Gasteiger partial charge is 0.396 e. The number of nitrogens with zero attached hydrogens (tertiary/aromatic N) is 7. The Morgan fingerprint density at radius 3 is 2.39 bits per heavy atom. The summed E-state index contributed by atoms with van der Waals surface area (Å²) in [5.41, 5.74) is 0.937. The Bertz CT molecular complexity index is 1050. The van der Waals surface area contributed by atoms with E-state index in [0.29, 0.717) is 43.4 Å². The lowest BCUT2D eigenvalue weighted by atomic mass is 10.1. The molecule has 2 aromatic rings. The van der Waals surface area contributed by atoms with E-state index in [0.717, 1.165) is 68.0 Å². The molecule has 5 rings (SSSR count). The van der Waals surface area contributed by atoms with Gasteiger partial charge in [0.1, 0.15) is 23.6 Å². The molecule has 3 aliphatic rings. The molecule has 0 unspecified atom stereocenters. The van der Waals surface area contributed by atoms with Crippen LogP contribution in [0.15, 0.2) is 18.3 Å². The van der Waals surface area contributed by atoms with Gasteiger partial charge in [0.05, 0.1) is 5.02 Å². The van der Waals surface area contributed by atoms with Crippen LogP contribution in [0.25, 0.3) is 0 Å². The summed E-state index contributed by atoms with van der Waals surface area (Å²) in [6, 6.07) is 4.60. The molecule has 3 aliphatic heterocycles. The molecule has 0 spiro atoms. The highest BCUT2D eigenvalue weighted by Gasteiger charge is 2.30. The van der Waals surface area contributed by atoms with Gasteiger partial charge in [-0.2, -0.15) is 9.97 Å². The van der Waals surface area contributed by atoms with E-state index in [9.17, 15) is 9.50 Å². The fraction of sp³-hybridized carbons (Fsp3) is 0.654. The second-order valence-corrected chi connectivity index (χ2v) is 10.7. The Labute approximate surface area is 218 Å². The van der Waals surface area contributed by atoms with E-state index in [1.54, 1.807) is 6.20 Å². The highest BCUT2D eigenvalue weighted by Crippen LogP contribution is 2.32. The number of aliphatic hydroxyl groups excluding tert-OH is 1. The van der Waals surface area contributed by atoms with Crippen molar-refractivity contribution in [3.63, 3.8) is 0 Å². The number of anilines is 4. The minimum absolute atomic E-state index is 0.0813. The zero-order valence-electron chi connectivity index (χ0n) is 21.3. The number of piperazine rings is 1. The van der Waals surface area contributed by atoms with Crippen molar-refractivity contribution in [2.24, 2.45) is 0 Å². The molecule has 196 valence electrons. The maximum atomic E-state index is 13.8. The van der Waals surface area contributed by atoms with E-state index in [2.05, 4.69) is 44.5 Å². The summed E-state index contributed by atoms with van der Waals surface area (Å²) >= 11 is 6.57. The molecule has 1 N–H and O–H groups in total. The van der Waals surface area contributed by atoms with Crippen molar-refractivity contribution in [1.82, 2.24) is 15.0 Å². The van der Waals surface area contributed by atoms with Gasteiger partial charge in [0.15, 0.2) is 0 Å². The standard InChI is InChI=1S/C26H37ClFN7O/c1-18-4-3-8-35(18)26-30-23(32-9-5-21(28)6-10-32)15-24(31-26)34-12-11-33(17-19(34)2)25-22(27)14-20(7-13-36)16-29-25/h14-16,18-19,21,36H,3-13,17H2,1-2H3/t18-,19-/m1/s1. The first kappa shape index (κ1) is 25.3. The first-order chi connectivity index (χ1) is 17.4. The van der Waals surface area contributed by atoms with Gasteiger partial charge in [-0.15, -0.1) is 0 Å². The van der Waals surface area contributed by atoms with Crippen LogP contribution in [0, 0.1) is 0 Å². The van der Waals surface area contributed by atoms with Crippen molar-refractivity contribution < 1.29 is 9.50 Å². The minimum atomic E-state index is -0.716. The Morgan fingerprint density at radius 2 is 1.72 bits per heavy atom. The summed E-state index contributed by atoms with van der Waals surface area (Å²) in [5.74, 6) is 3.41. The first-order valence-corrected chi connectivity index (χ1v) is 13.6. The Hall–Kier alpha value is -2.39. The van der Waals surface area contributed by atoms with Gasteiger partial charge in [-0.3, -0.25) is 0 Å². The van der Waals surface area contributed by atoms with Crippen molar-refractivity contribution in [2.45, 2.75) is 64.2 Å². The predicted octanol–water partition coefficient (Wildman–Crippen LogP) is 3.70. The van der Waals surface area contributed by atoms with Gasteiger partial charge in [-0.1, -0.05) is 11.6 Å². The normalized spacial score (nSPS) is 23.6. The molecule has 3 saturated heterocycles. The first-order valence-electron chi connectivity index (χ1n) is 13.2. The van der Waals surface area contributed by atoms with Gasteiger partial charge in [-0.05, 0) is 57.6 Å². The highest BCUT2D eigenvalue weighted by molar-refractivity contribution is 6.33. The third kappa shape index (κ3) is 5.32. The van der Waals surface area contributed by atoms with Crippen LogP contribution in [0.2, 0.25) is 5.02 Å². The molecule has 0 saturated carbocycles. The smallest absolute Gasteiger partial charge is 0.229 e. The average molecular weight is 518 g/mol. The Morgan fingerprint density at radius 1 is 0.944 bits per heavy atom. The molecule has 3 fully saturated rings. The molecule has 0 amide bonds. The molecule has 2 atom stereocenters. The van der Waals surface area contributed by atoms with Crippen molar-refractivity contribution in [2.75, 3.05) is 65.5 Å². The van der Waals surface area contributed by atoms with E-state index in [-0.39, 0.29) is 12.6 Å². The van der Waals surface area contributed by atoms with Crippen molar-refractivity contribution in [1.29, 1.82) is 0 Å². The summed E-state index contributed by atoms with van der Waals surface area (Å²) < 4.78 is 13.8. The van der Waals surface area contributed by atoms with Gasteiger partial charge in [-0.25, -0.2) is 9.37 Å². The van der Waals surface area contributed by atoms with Gasteiger partial charge in [0.2, 0.25) is 5.95 Å². The summed E-state index contributed by atoms with van der Waals surface area (Å²) in [5, 5.41) is 9.82. The molecule has 8 nitrogen and oxygen atoms in total. The SMILES string of the molecule is C[C@@H]1CN(c2ncc(CCO)cc2Cl)CCN1c1cc(N2CCC(F)CC2)nc(N2CCC[C@H]2C)n1. The third-order valence-electron chi connectivity index (χ3n) is 7.75. The zero-order valence-corrected chi connectivity index (χ0v) is 22.0. The van der Waals surface area contributed by atoms with E-state index >= 15 is 0 Å². The number of aliphatic hydroxyl groups is 1. The number of hydrogen-bond acceptors (Lipinski definition) is 8. The fourth-order valence-electron chi connectivity index (χ4n) is 5.61. The van der Waals surface area contributed by atoms with Crippen molar-refractivity contribution >= 4 is 35.0 Å². The maximum absolute atomic E-state index is 13.8. The molecule has 0 aromatic carbocycles. The summed E-state index contributed by atoms with van der Waals surface area (Å²) in [6.45, 7) is 9.20. The lowest BCUT2D eigenvalue weighted by molar-refractivity contribution is 0.276. The molecule has 2 aromatic heterocycles. The number of rotatable bonds is 6. The number of halogens is 2. The molecule has 36 heavy (non-hydrogen) atoms. The van der Waals surface area contributed by atoms with E-state index in [1.165, 1.54) is 0 Å². The number of alkyl halides is 1. The van der Waals surface area contributed by atoms with Gasteiger partial charge in [0.25, 0.3) is 0 Å². The maximum Gasteiger partial charge on any atom is 0.229 e. The van der Waals surface area contributed by atoms with Gasteiger partial charge >= 0.3 is 0 Å². The average Bonchev–Trinajstić information content (AvgIpc) is 3.30. The van der Waals surface area contributed by atoms with Crippen LogP contribution < -0.4 is 19.6 Å². The number of aromatic nitrogens is 3. The van der Waals surface area contributed by atoms with Crippen LogP contribution in [0.5, 0.6) is 0 Å². The second kappa shape index (κ2) is 10.9. The third-order valence-corrected chi connectivity index (χ3v) is 8.02. The zero-order chi connectivity index (χ0) is 25.2. The van der Waals surface area contributed by atoms with Crippen LogP contribution >= 0.6 is 11.6 Å². The van der Waals surface area contributed by atoms with Crippen LogP contribution in [0.3, 0.4) is 0 Å². The number of hydrogen-bond donors (Lipinski definition) is 1. The van der Waals surface area contributed by atoms with Crippen LogP contribution in [-0.4, -0.2) is 84.2 Å². The number of pyridine rings is 1. The second-order valence-electron chi connectivity index (χ2n) is 10.3. The Kier molecular flexibility index (Phi) is 7.67. The molecular weight excluding hydrogens is 481 g/mol. The molecule has 0 bridgehead atoms. The lowest BCUT2D eigenvalue weighted by Gasteiger charge is -2.42. The van der Waals surface area contributed by atoms with Crippen molar-refractivity contribution in [3.05, 3.63) is 28.9 Å². The summed E-state index contributed by atoms with van der Waals surface area (Å²) in [6.07, 6.45) is 5.03. The van der Waals surface area contributed by atoms with Gasteiger partial charge < -0.3 is 24.7 Å². The van der Waals surface area contributed by atoms with Crippen LogP contribution in [0.4, 0.5) is 27.8 Å². The molecule has 10 heteroatoms. The van der Waals surface area contributed by atoms with Gasteiger partial charge in [0, 0.05) is 70.2 Å². The van der Waals surface area contributed by atoms with E-state index < -0.39 is 6.17 Å².